The van der Waals surface area contributed by atoms with Crippen LogP contribution in [0.5, 0.6) is 11.5 Å². The molecule has 0 bridgehead atoms. The summed E-state index contributed by atoms with van der Waals surface area (Å²) in [6.07, 6.45) is 3.18. The molecule has 8 heteroatoms. The van der Waals surface area contributed by atoms with Crippen LogP contribution in [0, 0.1) is 6.92 Å². The molecule has 1 aliphatic rings. The van der Waals surface area contributed by atoms with Crippen LogP contribution in [0.15, 0.2) is 45.9 Å². The zero-order valence-electron chi connectivity index (χ0n) is 13.1. The number of oxazole rings is 1. The Morgan fingerprint density at radius 1 is 1.16 bits per heavy atom. The fraction of sp³-hybridized carbons (Fsp3) is 0.118. The van der Waals surface area contributed by atoms with Crippen LogP contribution < -0.4 is 15.0 Å². The van der Waals surface area contributed by atoms with Gasteiger partial charge in [-0.2, -0.15) is 9.61 Å². The van der Waals surface area contributed by atoms with Crippen molar-refractivity contribution in [3.8, 4) is 34.2 Å². The van der Waals surface area contributed by atoms with Crippen molar-refractivity contribution in [2.24, 2.45) is 0 Å². The van der Waals surface area contributed by atoms with E-state index in [1.165, 1.54) is 10.6 Å². The lowest BCUT2D eigenvalue weighted by Crippen LogP contribution is -2.14. The fourth-order valence-corrected chi connectivity index (χ4v) is 2.84. The largest absolute Gasteiger partial charge is 0.454 e. The van der Waals surface area contributed by atoms with Gasteiger partial charge >= 0.3 is 0 Å². The number of aromatic nitrogens is 4. The molecule has 1 aromatic carbocycles. The number of fused-ring (bicyclic) bond motifs is 2. The van der Waals surface area contributed by atoms with E-state index in [1.807, 2.05) is 25.1 Å². The topological polar surface area (TPSA) is 94.7 Å². The molecule has 4 heterocycles. The molecule has 0 saturated heterocycles. The number of aryl methyl sites for hydroxylation is 1. The highest BCUT2D eigenvalue weighted by molar-refractivity contribution is 5.74. The van der Waals surface area contributed by atoms with E-state index >= 15 is 0 Å². The zero-order valence-corrected chi connectivity index (χ0v) is 13.1. The van der Waals surface area contributed by atoms with E-state index in [0.717, 1.165) is 5.56 Å². The molecule has 25 heavy (non-hydrogen) atoms. The van der Waals surface area contributed by atoms with Crippen LogP contribution >= 0.6 is 0 Å². The minimum Gasteiger partial charge on any atom is -0.454 e. The fourth-order valence-electron chi connectivity index (χ4n) is 2.84. The average Bonchev–Trinajstić information content (AvgIpc) is 3.32. The summed E-state index contributed by atoms with van der Waals surface area (Å²) in [5.74, 6) is 2.43. The Morgan fingerprint density at radius 3 is 2.88 bits per heavy atom. The second kappa shape index (κ2) is 4.97. The number of aromatic amines is 1. The molecule has 5 rings (SSSR count). The van der Waals surface area contributed by atoms with Gasteiger partial charge in [0.15, 0.2) is 17.1 Å². The lowest BCUT2D eigenvalue weighted by Gasteiger charge is -2.05. The second-order valence-corrected chi connectivity index (χ2v) is 5.68. The Morgan fingerprint density at radius 2 is 2.04 bits per heavy atom. The predicted molar refractivity (Wildman–Crippen MR) is 87.6 cm³/mol. The van der Waals surface area contributed by atoms with Crippen molar-refractivity contribution in [2.75, 3.05) is 6.79 Å². The number of ether oxygens (including phenoxy) is 2. The summed E-state index contributed by atoms with van der Waals surface area (Å²) in [6.45, 7) is 2.01. The smallest absolute Gasteiger partial charge is 0.274 e. The molecule has 3 aromatic heterocycles. The van der Waals surface area contributed by atoms with E-state index in [9.17, 15) is 4.79 Å². The maximum atomic E-state index is 12.4. The molecule has 0 radical (unpaired) electrons. The first-order valence-electron chi connectivity index (χ1n) is 7.63. The van der Waals surface area contributed by atoms with Gasteiger partial charge < -0.3 is 18.9 Å². The van der Waals surface area contributed by atoms with Crippen molar-refractivity contribution in [2.45, 2.75) is 6.92 Å². The Bertz CT molecular complexity index is 1170. The first-order valence-corrected chi connectivity index (χ1v) is 7.63. The highest BCUT2D eigenvalue weighted by Crippen LogP contribution is 2.35. The Hall–Kier alpha value is -3.55. The van der Waals surface area contributed by atoms with E-state index < -0.39 is 0 Å². The van der Waals surface area contributed by atoms with E-state index in [-0.39, 0.29) is 12.4 Å². The van der Waals surface area contributed by atoms with Crippen LogP contribution in [-0.2, 0) is 0 Å². The van der Waals surface area contributed by atoms with Crippen LogP contribution in [0.3, 0.4) is 0 Å². The molecule has 0 fully saturated rings. The first-order chi connectivity index (χ1) is 12.2. The summed E-state index contributed by atoms with van der Waals surface area (Å²) in [6, 6.07) is 6.99. The van der Waals surface area contributed by atoms with Gasteiger partial charge in [0, 0.05) is 11.6 Å². The predicted octanol–water partition coefficient (Wildman–Crippen LogP) is 2.38. The molecule has 0 saturated carbocycles. The number of nitrogens with zero attached hydrogens (tertiary/aromatic N) is 3. The highest BCUT2D eigenvalue weighted by atomic mass is 16.7. The van der Waals surface area contributed by atoms with Gasteiger partial charge in [-0.25, -0.2) is 4.98 Å². The minimum atomic E-state index is -0.254. The molecule has 0 aliphatic carbocycles. The third-order valence-electron chi connectivity index (χ3n) is 4.03. The zero-order chi connectivity index (χ0) is 17.0. The van der Waals surface area contributed by atoms with Crippen molar-refractivity contribution < 1.29 is 13.9 Å². The van der Waals surface area contributed by atoms with Gasteiger partial charge in [-0.05, 0) is 25.1 Å². The standard InChI is InChI=1S/C17H12N4O4/c1-9-6-18-17(25-9)11-7-19-21-15(22)5-12(20-16(11)21)10-2-3-13-14(4-10)24-8-23-13/h2-7,20H,8H2,1H3. The van der Waals surface area contributed by atoms with Crippen LogP contribution in [0.1, 0.15) is 5.76 Å². The molecule has 124 valence electrons. The van der Waals surface area contributed by atoms with Gasteiger partial charge in [0.25, 0.3) is 5.56 Å². The van der Waals surface area contributed by atoms with Crippen molar-refractivity contribution in [1.82, 2.24) is 19.6 Å². The number of nitrogens with one attached hydrogen (secondary N) is 1. The van der Waals surface area contributed by atoms with Crippen LogP contribution in [0.2, 0.25) is 0 Å². The molecular formula is C17H12N4O4. The van der Waals surface area contributed by atoms with Crippen molar-refractivity contribution in [1.29, 1.82) is 0 Å². The van der Waals surface area contributed by atoms with Gasteiger partial charge in [-0.15, -0.1) is 0 Å². The molecule has 0 spiro atoms. The van der Waals surface area contributed by atoms with Crippen LogP contribution in [-0.4, -0.2) is 26.4 Å². The Labute approximate surface area is 140 Å². The number of hydrogen-bond acceptors (Lipinski definition) is 6. The number of benzene rings is 1. The average molecular weight is 336 g/mol. The molecule has 4 aromatic rings. The summed E-state index contributed by atoms with van der Waals surface area (Å²) in [5, 5.41) is 4.12. The number of hydrogen-bond donors (Lipinski definition) is 1. The third kappa shape index (κ3) is 2.11. The number of H-pyrrole nitrogens is 1. The molecule has 8 nitrogen and oxygen atoms in total. The molecule has 0 atom stereocenters. The summed E-state index contributed by atoms with van der Waals surface area (Å²) < 4.78 is 17.6. The van der Waals surface area contributed by atoms with Crippen molar-refractivity contribution in [3.05, 3.63) is 52.8 Å². The molecule has 1 N–H and O–H groups in total. The van der Waals surface area contributed by atoms with Crippen molar-refractivity contribution >= 4 is 5.65 Å². The lowest BCUT2D eigenvalue weighted by atomic mass is 10.1. The van der Waals surface area contributed by atoms with E-state index in [0.29, 0.717) is 40.1 Å². The van der Waals surface area contributed by atoms with Gasteiger partial charge in [-0.3, -0.25) is 4.79 Å². The van der Waals surface area contributed by atoms with E-state index in [4.69, 9.17) is 13.9 Å². The van der Waals surface area contributed by atoms with Crippen molar-refractivity contribution in [3.63, 3.8) is 0 Å². The lowest BCUT2D eigenvalue weighted by molar-refractivity contribution is 0.174. The second-order valence-electron chi connectivity index (χ2n) is 5.68. The summed E-state index contributed by atoms with van der Waals surface area (Å²) in [5.41, 5.74) is 2.33. The maximum Gasteiger partial charge on any atom is 0.274 e. The van der Waals surface area contributed by atoms with Crippen LogP contribution in [0.25, 0.3) is 28.4 Å². The number of rotatable bonds is 2. The van der Waals surface area contributed by atoms with Gasteiger partial charge in [0.1, 0.15) is 11.3 Å². The Balaban J connectivity index is 1.71. The van der Waals surface area contributed by atoms with E-state index in [2.05, 4.69) is 15.1 Å². The minimum absolute atomic E-state index is 0.199. The monoisotopic (exact) mass is 336 g/mol. The third-order valence-corrected chi connectivity index (χ3v) is 4.03. The molecular weight excluding hydrogens is 324 g/mol. The molecule has 1 aliphatic heterocycles. The molecule has 0 amide bonds. The summed E-state index contributed by atoms with van der Waals surface area (Å²) >= 11 is 0. The Kier molecular flexibility index (Phi) is 2.75. The quantitative estimate of drug-likeness (QED) is 0.604. The van der Waals surface area contributed by atoms with Crippen LogP contribution in [0.4, 0.5) is 0 Å². The summed E-state index contributed by atoms with van der Waals surface area (Å²) in [4.78, 5) is 19.9. The first kappa shape index (κ1) is 13.8. The maximum absolute atomic E-state index is 12.4. The molecule has 0 unspecified atom stereocenters. The highest BCUT2D eigenvalue weighted by Gasteiger charge is 2.17. The van der Waals surface area contributed by atoms with Gasteiger partial charge in [0.2, 0.25) is 12.7 Å². The van der Waals surface area contributed by atoms with Gasteiger partial charge in [-0.1, -0.05) is 0 Å². The van der Waals surface area contributed by atoms with E-state index in [1.54, 1.807) is 12.4 Å². The summed E-state index contributed by atoms with van der Waals surface area (Å²) in [7, 11) is 0. The normalized spacial score (nSPS) is 12.8. The SMILES string of the molecule is Cc1cnc(-c2cnn3c(=O)cc(-c4ccc5c(c4)OCO5)[nH]c23)o1. The van der Waals surface area contributed by atoms with Gasteiger partial charge in [0.05, 0.1) is 18.1 Å².